The number of rotatable bonds is 4. The Morgan fingerprint density at radius 2 is 1.75 bits per heavy atom. The molecular weight excluding hydrogens is 416 g/mol. The standard InChI is InChI=1S/C27H28N2O2S/c1-17-6-4-7-20(14-17)27-23-9-5-8-22(23)24-16-21(12-13-25(24)28-27)32(30,31)29-26-15-18(2)10-11-19(26)3/h4-8,10-16,22-23,27-29H,9H2,1-3H3/t22-,23+,27+/m1/s1. The summed E-state index contributed by atoms with van der Waals surface area (Å²) in [6.07, 6.45) is 5.44. The topological polar surface area (TPSA) is 58.2 Å². The zero-order chi connectivity index (χ0) is 22.5. The Bertz CT molecular complexity index is 1330. The van der Waals surface area contributed by atoms with Crippen molar-refractivity contribution >= 4 is 21.4 Å². The first-order valence-electron chi connectivity index (χ1n) is 11.1. The molecule has 0 radical (unpaired) electrons. The fourth-order valence-corrected chi connectivity index (χ4v) is 6.14. The van der Waals surface area contributed by atoms with Crippen LogP contribution in [-0.2, 0) is 10.0 Å². The smallest absolute Gasteiger partial charge is 0.261 e. The number of nitrogens with one attached hydrogen (secondary N) is 2. The summed E-state index contributed by atoms with van der Waals surface area (Å²) in [5.74, 6) is 0.571. The highest BCUT2D eigenvalue weighted by Gasteiger charge is 2.38. The molecule has 0 amide bonds. The number of hydrogen-bond donors (Lipinski definition) is 2. The molecule has 3 aromatic rings. The lowest BCUT2D eigenvalue weighted by Gasteiger charge is -2.37. The monoisotopic (exact) mass is 444 g/mol. The molecule has 0 unspecified atom stereocenters. The molecule has 5 heteroatoms. The van der Waals surface area contributed by atoms with Crippen molar-refractivity contribution in [1.82, 2.24) is 0 Å². The molecule has 32 heavy (non-hydrogen) atoms. The highest BCUT2D eigenvalue weighted by atomic mass is 32.2. The van der Waals surface area contributed by atoms with Crippen molar-refractivity contribution in [1.29, 1.82) is 0 Å². The summed E-state index contributed by atoms with van der Waals surface area (Å²) < 4.78 is 29.2. The minimum absolute atomic E-state index is 0.201. The lowest BCUT2D eigenvalue weighted by molar-refractivity contribution is 0.425. The van der Waals surface area contributed by atoms with Crippen LogP contribution in [0.2, 0.25) is 0 Å². The minimum atomic E-state index is -3.69. The second-order valence-corrected chi connectivity index (χ2v) is 10.7. The van der Waals surface area contributed by atoms with Gasteiger partial charge in [0.2, 0.25) is 0 Å². The molecule has 4 nitrogen and oxygen atoms in total. The number of allylic oxidation sites excluding steroid dienone is 2. The van der Waals surface area contributed by atoms with Crippen LogP contribution >= 0.6 is 0 Å². The molecule has 0 fully saturated rings. The Labute approximate surface area is 190 Å². The van der Waals surface area contributed by atoms with E-state index in [2.05, 4.69) is 53.4 Å². The van der Waals surface area contributed by atoms with Gasteiger partial charge in [0.1, 0.15) is 0 Å². The summed E-state index contributed by atoms with van der Waals surface area (Å²) >= 11 is 0. The predicted molar refractivity (Wildman–Crippen MR) is 131 cm³/mol. The van der Waals surface area contributed by atoms with E-state index in [-0.39, 0.29) is 12.0 Å². The Kier molecular flexibility index (Phi) is 5.09. The summed E-state index contributed by atoms with van der Waals surface area (Å²) in [6, 6.07) is 20.1. The average Bonchev–Trinajstić information content (AvgIpc) is 3.25. The average molecular weight is 445 g/mol. The normalized spacial score (nSPS) is 21.5. The molecule has 2 N–H and O–H groups in total. The summed E-state index contributed by atoms with van der Waals surface area (Å²) in [7, 11) is -3.69. The molecular formula is C27H28N2O2S. The van der Waals surface area contributed by atoms with Gasteiger partial charge in [-0.3, -0.25) is 4.72 Å². The zero-order valence-corrected chi connectivity index (χ0v) is 19.4. The first-order valence-corrected chi connectivity index (χ1v) is 12.5. The van der Waals surface area contributed by atoms with Crippen molar-refractivity contribution in [2.24, 2.45) is 5.92 Å². The second kappa shape index (κ2) is 7.82. The Morgan fingerprint density at radius 3 is 2.56 bits per heavy atom. The van der Waals surface area contributed by atoms with Crippen molar-refractivity contribution in [3.8, 4) is 0 Å². The number of fused-ring (bicyclic) bond motifs is 3. The molecule has 3 atom stereocenters. The van der Waals surface area contributed by atoms with Gasteiger partial charge in [0.15, 0.2) is 0 Å². The number of anilines is 2. The minimum Gasteiger partial charge on any atom is -0.378 e. The van der Waals surface area contributed by atoms with Crippen molar-refractivity contribution in [2.45, 2.75) is 44.0 Å². The van der Waals surface area contributed by atoms with Crippen LogP contribution in [-0.4, -0.2) is 8.42 Å². The summed E-state index contributed by atoms with van der Waals surface area (Å²) in [6.45, 7) is 5.98. The molecule has 3 aromatic carbocycles. The Balaban J connectivity index is 1.50. The van der Waals surface area contributed by atoms with Gasteiger partial charge in [-0.05, 0) is 79.6 Å². The molecule has 5 rings (SSSR count). The predicted octanol–water partition coefficient (Wildman–Crippen LogP) is 6.24. The number of aryl methyl sites for hydroxylation is 3. The van der Waals surface area contributed by atoms with E-state index >= 15 is 0 Å². The van der Waals surface area contributed by atoms with E-state index in [0.717, 1.165) is 28.8 Å². The van der Waals surface area contributed by atoms with Crippen LogP contribution < -0.4 is 10.0 Å². The maximum atomic E-state index is 13.2. The van der Waals surface area contributed by atoms with Crippen molar-refractivity contribution < 1.29 is 8.42 Å². The van der Waals surface area contributed by atoms with E-state index in [0.29, 0.717) is 16.5 Å². The lowest BCUT2D eigenvalue weighted by atomic mass is 9.77. The zero-order valence-electron chi connectivity index (χ0n) is 18.6. The van der Waals surface area contributed by atoms with Crippen LogP contribution in [0, 0.1) is 26.7 Å². The summed E-state index contributed by atoms with van der Waals surface area (Å²) in [4.78, 5) is 0.298. The van der Waals surface area contributed by atoms with E-state index in [4.69, 9.17) is 0 Å². The lowest BCUT2D eigenvalue weighted by Crippen LogP contribution is -2.29. The number of benzene rings is 3. The van der Waals surface area contributed by atoms with Crippen LogP contribution in [0.1, 0.15) is 46.2 Å². The quantitative estimate of drug-likeness (QED) is 0.468. The second-order valence-electron chi connectivity index (χ2n) is 9.06. The van der Waals surface area contributed by atoms with Crippen LogP contribution in [0.4, 0.5) is 11.4 Å². The molecule has 0 spiro atoms. The molecule has 2 aliphatic rings. The van der Waals surface area contributed by atoms with E-state index in [1.165, 1.54) is 11.1 Å². The van der Waals surface area contributed by atoms with Gasteiger partial charge in [0, 0.05) is 11.6 Å². The summed E-state index contributed by atoms with van der Waals surface area (Å²) in [5, 5.41) is 3.70. The number of hydrogen-bond acceptors (Lipinski definition) is 3. The van der Waals surface area contributed by atoms with Gasteiger partial charge in [-0.15, -0.1) is 0 Å². The van der Waals surface area contributed by atoms with Crippen LogP contribution in [0.5, 0.6) is 0 Å². The van der Waals surface area contributed by atoms with Crippen molar-refractivity contribution in [3.05, 3.63) is 101 Å². The Morgan fingerprint density at radius 1 is 0.938 bits per heavy atom. The molecule has 0 saturated carbocycles. The number of sulfonamides is 1. The van der Waals surface area contributed by atoms with Crippen molar-refractivity contribution in [3.63, 3.8) is 0 Å². The molecule has 0 saturated heterocycles. The first kappa shape index (κ1) is 20.8. The molecule has 1 aliphatic heterocycles. The van der Waals surface area contributed by atoms with Gasteiger partial charge in [-0.2, -0.15) is 0 Å². The molecule has 0 bridgehead atoms. The van der Waals surface area contributed by atoms with Gasteiger partial charge < -0.3 is 5.32 Å². The summed E-state index contributed by atoms with van der Waals surface area (Å²) in [5.41, 5.74) is 7.13. The highest BCUT2D eigenvalue weighted by Crippen LogP contribution is 2.50. The van der Waals surface area contributed by atoms with Crippen LogP contribution in [0.25, 0.3) is 0 Å². The fraction of sp³-hybridized carbons (Fsp3) is 0.259. The van der Waals surface area contributed by atoms with Crippen LogP contribution in [0.3, 0.4) is 0 Å². The molecule has 1 aliphatic carbocycles. The van der Waals surface area contributed by atoms with Gasteiger partial charge in [0.05, 0.1) is 16.6 Å². The largest absolute Gasteiger partial charge is 0.378 e. The van der Waals surface area contributed by atoms with E-state index in [9.17, 15) is 8.42 Å². The van der Waals surface area contributed by atoms with Crippen LogP contribution in [0.15, 0.2) is 77.7 Å². The van der Waals surface area contributed by atoms with Gasteiger partial charge in [0.25, 0.3) is 10.0 Å². The third-order valence-corrected chi connectivity index (χ3v) is 8.05. The molecule has 164 valence electrons. The fourth-order valence-electron chi connectivity index (χ4n) is 4.98. The highest BCUT2D eigenvalue weighted by molar-refractivity contribution is 7.92. The van der Waals surface area contributed by atoms with E-state index in [1.807, 2.05) is 44.2 Å². The molecule has 1 heterocycles. The van der Waals surface area contributed by atoms with Gasteiger partial charge >= 0.3 is 0 Å². The third-order valence-electron chi connectivity index (χ3n) is 6.68. The van der Waals surface area contributed by atoms with Gasteiger partial charge in [-0.1, -0.05) is 54.1 Å². The Hall–Kier alpha value is -3.05. The van der Waals surface area contributed by atoms with Gasteiger partial charge in [-0.25, -0.2) is 8.42 Å². The van der Waals surface area contributed by atoms with E-state index in [1.54, 1.807) is 6.07 Å². The third kappa shape index (κ3) is 3.71. The maximum Gasteiger partial charge on any atom is 0.261 e. The first-order chi connectivity index (χ1) is 15.3. The van der Waals surface area contributed by atoms with E-state index < -0.39 is 10.0 Å². The van der Waals surface area contributed by atoms with Crippen molar-refractivity contribution in [2.75, 3.05) is 10.0 Å². The SMILES string of the molecule is Cc1cccc([C@@H]2Nc3ccc(S(=O)(=O)Nc4cc(C)ccc4C)cc3[C@@H]3C=CC[C@@H]32)c1. The molecule has 0 aromatic heterocycles. The maximum absolute atomic E-state index is 13.2.